The van der Waals surface area contributed by atoms with Crippen molar-refractivity contribution in [2.45, 2.75) is 27.7 Å². The lowest BCUT2D eigenvalue weighted by Gasteiger charge is -2.12. The van der Waals surface area contributed by atoms with Gasteiger partial charge in [-0.25, -0.2) is 0 Å². The molecular formula is C13H21NO. The predicted molar refractivity (Wildman–Crippen MR) is 65.7 cm³/mol. The third kappa shape index (κ3) is 3.82. The van der Waals surface area contributed by atoms with Crippen LogP contribution < -0.4 is 10.1 Å². The van der Waals surface area contributed by atoms with Crippen molar-refractivity contribution in [2.24, 2.45) is 5.92 Å². The first-order valence-corrected chi connectivity index (χ1v) is 5.60. The van der Waals surface area contributed by atoms with Gasteiger partial charge in [0, 0.05) is 18.3 Å². The number of hydrogen-bond donors (Lipinski definition) is 1. The van der Waals surface area contributed by atoms with Gasteiger partial charge in [-0.1, -0.05) is 19.9 Å². The van der Waals surface area contributed by atoms with Crippen molar-refractivity contribution in [3.63, 3.8) is 0 Å². The molecule has 0 aliphatic heterocycles. The van der Waals surface area contributed by atoms with Crippen molar-refractivity contribution < 1.29 is 4.74 Å². The van der Waals surface area contributed by atoms with E-state index in [1.165, 1.54) is 5.56 Å². The first-order valence-electron chi connectivity index (χ1n) is 5.60. The highest BCUT2D eigenvalue weighted by molar-refractivity contribution is 5.51. The lowest BCUT2D eigenvalue weighted by atomic mass is 10.2. The maximum Gasteiger partial charge on any atom is 0.124 e. The van der Waals surface area contributed by atoms with Crippen LogP contribution in [0.1, 0.15) is 26.3 Å². The SMILES string of the molecule is CCOc1cc(NCC(C)C)ccc1C. The molecule has 1 aromatic rings. The molecule has 0 saturated carbocycles. The summed E-state index contributed by atoms with van der Waals surface area (Å²) in [7, 11) is 0. The topological polar surface area (TPSA) is 21.3 Å². The van der Waals surface area contributed by atoms with E-state index in [1.54, 1.807) is 0 Å². The van der Waals surface area contributed by atoms with Crippen LogP contribution in [0.4, 0.5) is 5.69 Å². The molecule has 0 atom stereocenters. The highest BCUT2D eigenvalue weighted by Crippen LogP contribution is 2.22. The average molecular weight is 207 g/mol. The highest BCUT2D eigenvalue weighted by atomic mass is 16.5. The van der Waals surface area contributed by atoms with Crippen LogP contribution in [0.15, 0.2) is 18.2 Å². The van der Waals surface area contributed by atoms with Crippen LogP contribution in [0.2, 0.25) is 0 Å². The molecule has 2 nitrogen and oxygen atoms in total. The number of nitrogens with one attached hydrogen (secondary N) is 1. The van der Waals surface area contributed by atoms with Gasteiger partial charge in [0.15, 0.2) is 0 Å². The third-order valence-corrected chi connectivity index (χ3v) is 2.20. The number of aryl methyl sites for hydroxylation is 1. The van der Waals surface area contributed by atoms with E-state index in [1.807, 2.05) is 6.92 Å². The molecule has 1 rings (SSSR count). The van der Waals surface area contributed by atoms with Gasteiger partial charge in [-0.2, -0.15) is 0 Å². The Morgan fingerprint density at radius 2 is 2.07 bits per heavy atom. The Morgan fingerprint density at radius 3 is 2.67 bits per heavy atom. The summed E-state index contributed by atoms with van der Waals surface area (Å²) in [5, 5.41) is 3.39. The van der Waals surface area contributed by atoms with Crippen molar-refractivity contribution >= 4 is 5.69 Å². The summed E-state index contributed by atoms with van der Waals surface area (Å²) in [5.74, 6) is 1.63. The molecule has 0 aromatic heterocycles. The van der Waals surface area contributed by atoms with Crippen molar-refractivity contribution in [3.8, 4) is 5.75 Å². The zero-order valence-electron chi connectivity index (χ0n) is 10.1. The molecule has 0 saturated heterocycles. The van der Waals surface area contributed by atoms with E-state index in [2.05, 4.69) is 44.3 Å². The monoisotopic (exact) mass is 207 g/mol. The third-order valence-electron chi connectivity index (χ3n) is 2.20. The second-order valence-corrected chi connectivity index (χ2v) is 4.19. The number of ether oxygens (including phenoxy) is 1. The standard InChI is InChI=1S/C13H21NO/c1-5-15-13-8-12(7-6-11(13)4)14-9-10(2)3/h6-8,10,14H,5,9H2,1-4H3. The molecule has 1 N–H and O–H groups in total. The Labute approximate surface area is 92.6 Å². The lowest BCUT2D eigenvalue weighted by molar-refractivity contribution is 0.338. The summed E-state index contributed by atoms with van der Waals surface area (Å²) in [6.07, 6.45) is 0. The van der Waals surface area contributed by atoms with Gasteiger partial charge in [0.2, 0.25) is 0 Å². The first-order chi connectivity index (χ1) is 7.13. The Balaban J connectivity index is 2.69. The molecule has 0 amide bonds. The fourth-order valence-electron chi connectivity index (χ4n) is 1.34. The number of hydrogen-bond acceptors (Lipinski definition) is 2. The largest absolute Gasteiger partial charge is 0.494 e. The molecule has 0 heterocycles. The van der Waals surface area contributed by atoms with Crippen molar-refractivity contribution in [3.05, 3.63) is 23.8 Å². The number of benzene rings is 1. The minimum atomic E-state index is 0.654. The first kappa shape index (κ1) is 11.9. The normalized spacial score (nSPS) is 10.5. The van der Waals surface area contributed by atoms with E-state index in [-0.39, 0.29) is 0 Å². The zero-order valence-corrected chi connectivity index (χ0v) is 10.1. The molecule has 0 fully saturated rings. The van der Waals surface area contributed by atoms with Crippen LogP contribution in [0.3, 0.4) is 0 Å². The summed E-state index contributed by atoms with van der Waals surface area (Å²) in [4.78, 5) is 0. The fourth-order valence-corrected chi connectivity index (χ4v) is 1.34. The van der Waals surface area contributed by atoms with Crippen molar-refractivity contribution in [1.82, 2.24) is 0 Å². The highest BCUT2D eigenvalue weighted by Gasteiger charge is 2.01. The number of anilines is 1. The van der Waals surface area contributed by atoms with Crippen LogP contribution in [-0.4, -0.2) is 13.2 Å². The summed E-state index contributed by atoms with van der Waals surface area (Å²) in [6, 6.07) is 6.26. The van der Waals surface area contributed by atoms with E-state index >= 15 is 0 Å². The molecule has 0 radical (unpaired) electrons. The average Bonchev–Trinajstić information content (AvgIpc) is 2.19. The number of rotatable bonds is 5. The minimum Gasteiger partial charge on any atom is -0.494 e. The molecule has 0 unspecified atom stereocenters. The summed E-state index contributed by atoms with van der Waals surface area (Å²) in [5.41, 5.74) is 2.32. The van der Waals surface area contributed by atoms with E-state index < -0.39 is 0 Å². The van der Waals surface area contributed by atoms with Gasteiger partial charge < -0.3 is 10.1 Å². The van der Waals surface area contributed by atoms with Crippen LogP contribution in [0.5, 0.6) is 5.75 Å². The molecule has 84 valence electrons. The molecule has 0 spiro atoms. The summed E-state index contributed by atoms with van der Waals surface area (Å²) >= 11 is 0. The molecule has 0 bridgehead atoms. The minimum absolute atomic E-state index is 0.654. The Morgan fingerprint density at radius 1 is 1.33 bits per heavy atom. The molecule has 15 heavy (non-hydrogen) atoms. The van der Waals surface area contributed by atoms with Gasteiger partial charge in [0.05, 0.1) is 6.61 Å². The van der Waals surface area contributed by atoms with Gasteiger partial charge in [-0.3, -0.25) is 0 Å². The molecule has 2 heteroatoms. The van der Waals surface area contributed by atoms with Gasteiger partial charge in [0.25, 0.3) is 0 Å². The maximum absolute atomic E-state index is 5.54. The van der Waals surface area contributed by atoms with Crippen LogP contribution in [0.25, 0.3) is 0 Å². The van der Waals surface area contributed by atoms with E-state index in [9.17, 15) is 0 Å². The second-order valence-electron chi connectivity index (χ2n) is 4.19. The van der Waals surface area contributed by atoms with Gasteiger partial charge in [-0.15, -0.1) is 0 Å². The maximum atomic E-state index is 5.54. The lowest BCUT2D eigenvalue weighted by Crippen LogP contribution is -2.08. The van der Waals surface area contributed by atoms with Crippen molar-refractivity contribution in [1.29, 1.82) is 0 Å². The molecular weight excluding hydrogens is 186 g/mol. The van der Waals surface area contributed by atoms with Crippen LogP contribution in [0, 0.1) is 12.8 Å². The van der Waals surface area contributed by atoms with E-state index in [0.29, 0.717) is 12.5 Å². The Hall–Kier alpha value is -1.18. The smallest absolute Gasteiger partial charge is 0.124 e. The van der Waals surface area contributed by atoms with Gasteiger partial charge >= 0.3 is 0 Å². The van der Waals surface area contributed by atoms with Gasteiger partial charge in [-0.05, 0) is 31.4 Å². The molecule has 1 aromatic carbocycles. The second kappa shape index (κ2) is 5.64. The quantitative estimate of drug-likeness (QED) is 0.798. The molecule has 0 aliphatic rings. The molecule has 0 aliphatic carbocycles. The van der Waals surface area contributed by atoms with E-state index in [0.717, 1.165) is 18.0 Å². The van der Waals surface area contributed by atoms with Crippen molar-refractivity contribution in [2.75, 3.05) is 18.5 Å². The fraction of sp³-hybridized carbons (Fsp3) is 0.538. The Bertz CT molecular complexity index is 307. The van der Waals surface area contributed by atoms with E-state index in [4.69, 9.17) is 4.74 Å². The Kier molecular flexibility index (Phi) is 4.47. The van der Waals surface area contributed by atoms with Gasteiger partial charge in [0.1, 0.15) is 5.75 Å². The summed E-state index contributed by atoms with van der Waals surface area (Å²) < 4.78 is 5.54. The zero-order chi connectivity index (χ0) is 11.3. The van der Waals surface area contributed by atoms with Crippen LogP contribution >= 0.6 is 0 Å². The predicted octanol–water partition coefficient (Wildman–Crippen LogP) is 3.46. The van der Waals surface area contributed by atoms with Crippen LogP contribution in [-0.2, 0) is 0 Å². The summed E-state index contributed by atoms with van der Waals surface area (Å²) in [6.45, 7) is 10.2.